The number of rotatable bonds is 21. The standard InChI is InChI=1S/C25H48O5/c1-22(2)18-16-14-12-10-8-6-4-5-7-9-11-13-15-17-19-25(28)30-21-24(27)20-29-23(3)26/h22,24,27H,4-21H2,1-3H3. The Morgan fingerprint density at radius 3 is 1.50 bits per heavy atom. The number of unbranched alkanes of at least 4 members (excludes halogenated alkanes) is 13. The molecule has 5 heteroatoms. The molecule has 0 aliphatic heterocycles. The predicted molar refractivity (Wildman–Crippen MR) is 122 cm³/mol. The lowest BCUT2D eigenvalue weighted by molar-refractivity contribution is -0.151. The van der Waals surface area contributed by atoms with Crippen molar-refractivity contribution < 1.29 is 24.2 Å². The zero-order valence-corrected chi connectivity index (χ0v) is 20.0. The number of carbonyl (C=O) groups excluding carboxylic acids is 2. The zero-order chi connectivity index (χ0) is 22.5. The minimum absolute atomic E-state index is 0.121. The van der Waals surface area contributed by atoms with Crippen LogP contribution < -0.4 is 0 Å². The van der Waals surface area contributed by atoms with Crippen molar-refractivity contribution in [2.24, 2.45) is 5.92 Å². The average Bonchev–Trinajstić information content (AvgIpc) is 2.70. The maximum atomic E-state index is 11.6. The molecule has 0 saturated heterocycles. The Bertz CT molecular complexity index is 408. The van der Waals surface area contributed by atoms with Crippen LogP contribution in [0, 0.1) is 5.92 Å². The van der Waals surface area contributed by atoms with Crippen molar-refractivity contribution in [3.05, 3.63) is 0 Å². The maximum absolute atomic E-state index is 11.6. The summed E-state index contributed by atoms with van der Waals surface area (Å²) in [6.07, 6.45) is 18.9. The number of hydrogen-bond donors (Lipinski definition) is 1. The Balaban J connectivity index is 3.23. The van der Waals surface area contributed by atoms with Gasteiger partial charge in [-0.15, -0.1) is 0 Å². The largest absolute Gasteiger partial charge is 0.463 e. The molecular formula is C25H48O5. The molecule has 0 bridgehead atoms. The third-order valence-electron chi connectivity index (χ3n) is 5.33. The van der Waals surface area contributed by atoms with E-state index < -0.39 is 12.1 Å². The monoisotopic (exact) mass is 428 g/mol. The first kappa shape index (κ1) is 28.9. The average molecular weight is 429 g/mol. The SMILES string of the molecule is CC(=O)OCC(O)COC(=O)CCCCCCCCCCCCCCCCC(C)C. The van der Waals surface area contributed by atoms with Gasteiger partial charge in [-0.1, -0.05) is 104 Å². The minimum atomic E-state index is -0.951. The summed E-state index contributed by atoms with van der Waals surface area (Å²) in [5.41, 5.74) is 0. The van der Waals surface area contributed by atoms with Gasteiger partial charge in [-0.25, -0.2) is 0 Å². The van der Waals surface area contributed by atoms with Crippen molar-refractivity contribution in [3.8, 4) is 0 Å². The highest BCUT2D eigenvalue weighted by Gasteiger charge is 2.10. The highest BCUT2D eigenvalue weighted by Crippen LogP contribution is 2.15. The molecule has 1 atom stereocenters. The lowest BCUT2D eigenvalue weighted by Gasteiger charge is -2.11. The number of esters is 2. The summed E-state index contributed by atoms with van der Waals surface area (Å²) in [6.45, 7) is 5.63. The van der Waals surface area contributed by atoms with E-state index in [4.69, 9.17) is 4.74 Å². The number of carbonyl (C=O) groups is 2. The molecule has 0 aromatic heterocycles. The molecular weight excluding hydrogens is 380 g/mol. The van der Waals surface area contributed by atoms with Gasteiger partial charge in [0.25, 0.3) is 0 Å². The highest BCUT2D eigenvalue weighted by atomic mass is 16.6. The first-order valence-electron chi connectivity index (χ1n) is 12.4. The van der Waals surface area contributed by atoms with Gasteiger partial charge in [0, 0.05) is 13.3 Å². The summed E-state index contributed by atoms with van der Waals surface area (Å²) in [5, 5.41) is 9.51. The van der Waals surface area contributed by atoms with Crippen molar-refractivity contribution in [3.63, 3.8) is 0 Å². The van der Waals surface area contributed by atoms with Gasteiger partial charge in [0.05, 0.1) is 0 Å². The van der Waals surface area contributed by atoms with E-state index >= 15 is 0 Å². The normalized spacial score (nSPS) is 12.2. The van der Waals surface area contributed by atoms with Crippen molar-refractivity contribution in [1.29, 1.82) is 0 Å². The van der Waals surface area contributed by atoms with Gasteiger partial charge in [0.1, 0.15) is 19.3 Å². The van der Waals surface area contributed by atoms with Crippen molar-refractivity contribution in [2.75, 3.05) is 13.2 Å². The van der Waals surface area contributed by atoms with E-state index in [1.165, 1.54) is 90.4 Å². The lowest BCUT2D eigenvalue weighted by Crippen LogP contribution is -2.24. The van der Waals surface area contributed by atoms with Crippen LogP contribution in [0.2, 0.25) is 0 Å². The first-order valence-corrected chi connectivity index (χ1v) is 12.4. The maximum Gasteiger partial charge on any atom is 0.305 e. The molecule has 0 spiro atoms. The van der Waals surface area contributed by atoms with Crippen LogP contribution in [0.25, 0.3) is 0 Å². The number of aliphatic hydroxyl groups excluding tert-OH is 1. The first-order chi connectivity index (χ1) is 14.4. The fourth-order valence-corrected chi connectivity index (χ4v) is 3.47. The van der Waals surface area contributed by atoms with Crippen LogP contribution in [0.4, 0.5) is 0 Å². The molecule has 30 heavy (non-hydrogen) atoms. The predicted octanol–water partition coefficient (Wildman–Crippen LogP) is 6.35. The topological polar surface area (TPSA) is 72.8 Å². The molecule has 0 aliphatic carbocycles. The van der Waals surface area contributed by atoms with Gasteiger partial charge in [0.2, 0.25) is 0 Å². The van der Waals surface area contributed by atoms with Gasteiger partial charge < -0.3 is 14.6 Å². The second kappa shape index (κ2) is 21.1. The van der Waals surface area contributed by atoms with Gasteiger partial charge in [-0.05, 0) is 12.3 Å². The van der Waals surface area contributed by atoms with Gasteiger partial charge >= 0.3 is 11.9 Å². The van der Waals surface area contributed by atoms with E-state index in [1.807, 2.05) is 0 Å². The molecule has 0 rings (SSSR count). The fraction of sp³-hybridized carbons (Fsp3) is 0.920. The summed E-state index contributed by atoms with van der Waals surface area (Å²) in [5.74, 6) is 0.104. The molecule has 0 aliphatic rings. The van der Waals surface area contributed by atoms with Crippen LogP contribution in [0.5, 0.6) is 0 Å². The van der Waals surface area contributed by atoms with Crippen LogP contribution >= 0.6 is 0 Å². The molecule has 0 radical (unpaired) electrons. The number of ether oxygens (including phenoxy) is 2. The molecule has 0 heterocycles. The third kappa shape index (κ3) is 23.2. The molecule has 0 saturated carbocycles. The van der Waals surface area contributed by atoms with Crippen LogP contribution in [0.15, 0.2) is 0 Å². The summed E-state index contributed by atoms with van der Waals surface area (Å²) in [7, 11) is 0. The fourth-order valence-electron chi connectivity index (χ4n) is 3.47. The Morgan fingerprint density at radius 2 is 1.07 bits per heavy atom. The minimum Gasteiger partial charge on any atom is -0.463 e. The van der Waals surface area contributed by atoms with Crippen LogP contribution in [0.3, 0.4) is 0 Å². The van der Waals surface area contributed by atoms with Crippen LogP contribution in [-0.2, 0) is 19.1 Å². The smallest absolute Gasteiger partial charge is 0.305 e. The second-order valence-electron chi connectivity index (χ2n) is 9.02. The Kier molecular flexibility index (Phi) is 20.4. The summed E-state index contributed by atoms with van der Waals surface area (Å²) >= 11 is 0. The molecule has 1 unspecified atom stereocenters. The third-order valence-corrected chi connectivity index (χ3v) is 5.33. The van der Waals surface area contributed by atoms with E-state index in [-0.39, 0.29) is 19.2 Å². The molecule has 178 valence electrons. The molecule has 1 N–H and O–H groups in total. The number of hydrogen-bond acceptors (Lipinski definition) is 5. The summed E-state index contributed by atoms with van der Waals surface area (Å²) in [4.78, 5) is 22.2. The lowest BCUT2D eigenvalue weighted by atomic mass is 10.0. The Hall–Kier alpha value is -1.10. The second-order valence-corrected chi connectivity index (χ2v) is 9.02. The quantitative estimate of drug-likeness (QED) is 0.170. The number of aliphatic hydroxyl groups is 1. The van der Waals surface area contributed by atoms with Crippen LogP contribution in [0.1, 0.15) is 124 Å². The molecule has 0 amide bonds. The highest BCUT2D eigenvalue weighted by molar-refractivity contribution is 5.69. The molecule has 0 aromatic carbocycles. The van der Waals surface area contributed by atoms with Gasteiger partial charge in [-0.3, -0.25) is 9.59 Å². The van der Waals surface area contributed by atoms with E-state index in [1.54, 1.807) is 0 Å². The van der Waals surface area contributed by atoms with E-state index in [9.17, 15) is 14.7 Å². The Labute approximate surface area is 185 Å². The van der Waals surface area contributed by atoms with E-state index in [0.29, 0.717) is 6.42 Å². The van der Waals surface area contributed by atoms with Crippen molar-refractivity contribution >= 4 is 11.9 Å². The molecule has 0 fully saturated rings. The summed E-state index contributed by atoms with van der Waals surface area (Å²) in [6, 6.07) is 0. The Morgan fingerprint density at radius 1 is 0.667 bits per heavy atom. The van der Waals surface area contributed by atoms with Crippen molar-refractivity contribution in [2.45, 2.75) is 130 Å². The van der Waals surface area contributed by atoms with E-state index in [2.05, 4.69) is 18.6 Å². The molecule has 5 nitrogen and oxygen atoms in total. The van der Waals surface area contributed by atoms with Gasteiger partial charge in [-0.2, -0.15) is 0 Å². The molecule has 0 aromatic rings. The van der Waals surface area contributed by atoms with Gasteiger partial charge in [0.15, 0.2) is 0 Å². The zero-order valence-electron chi connectivity index (χ0n) is 20.0. The van der Waals surface area contributed by atoms with E-state index in [0.717, 1.165) is 18.8 Å². The van der Waals surface area contributed by atoms with Crippen molar-refractivity contribution in [1.82, 2.24) is 0 Å². The summed E-state index contributed by atoms with van der Waals surface area (Å²) < 4.78 is 9.64. The van der Waals surface area contributed by atoms with Crippen LogP contribution in [-0.4, -0.2) is 36.4 Å².